The van der Waals surface area contributed by atoms with E-state index in [0.717, 1.165) is 5.57 Å². The summed E-state index contributed by atoms with van der Waals surface area (Å²) in [6.45, 7) is 7.31. The molecule has 148 valence electrons. The lowest BCUT2D eigenvalue weighted by molar-refractivity contribution is 0.0697. The Labute approximate surface area is 166 Å². The van der Waals surface area contributed by atoms with Gasteiger partial charge in [-0.05, 0) is 42.8 Å². The fraction of sp³-hybridized carbons (Fsp3) is 0.286. The van der Waals surface area contributed by atoms with Gasteiger partial charge in [0, 0.05) is 31.7 Å². The number of rotatable bonds is 6. The van der Waals surface area contributed by atoms with Crippen LogP contribution in [0.1, 0.15) is 17.3 Å². The maximum Gasteiger partial charge on any atom is 0.254 e. The van der Waals surface area contributed by atoms with Gasteiger partial charge in [-0.3, -0.25) is 4.79 Å². The first-order valence-corrected chi connectivity index (χ1v) is 10.5. The normalized spacial score (nSPS) is 15.2. The minimum Gasteiger partial charge on any atom is -0.489 e. The molecule has 2 aromatic rings. The molecule has 6 nitrogen and oxygen atoms in total. The molecule has 0 bridgehead atoms. The molecule has 1 aliphatic rings. The van der Waals surface area contributed by atoms with Gasteiger partial charge in [0.2, 0.25) is 10.0 Å². The van der Waals surface area contributed by atoms with Gasteiger partial charge < -0.3 is 9.64 Å². The fourth-order valence-corrected chi connectivity index (χ4v) is 4.42. The van der Waals surface area contributed by atoms with Crippen molar-refractivity contribution in [2.45, 2.75) is 11.8 Å². The summed E-state index contributed by atoms with van der Waals surface area (Å²) in [6, 6.07) is 15.4. The second-order valence-corrected chi connectivity index (χ2v) is 8.72. The fourth-order valence-electron chi connectivity index (χ4n) is 2.98. The molecule has 1 amide bonds. The molecule has 3 rings (SSSR count). The van der Waals surface area contributed by atoms with E-state index in [-0.39, 0.29) is 23.9 Å². The third kappa shape index (κ3) is 4.61. The van der Waals surface area contributed by atoms with Gasteiger partial charge in [0.05, 0.1) is 4.90 Å². The third-order valence-electron chi connectivity index (χ3n) is 4.47. The number of sulfonamides is 1. The van der Waals surface area contributed by atoms with Crippen molar-refractivity contribution in [3.05, 3.63) is 72.3 Å². The molecule has 28 heavy (non-hydrogen) atoms. The number of nitrogens with zero attached hydrogens (tertiary/aromatic N) is 2. The van der Waals surface area contributed by atoms with Crippen LogP contribution in [0.15, 0.2) is 71.6 Å². The van der Waals surface area contributed by atoms with Gasteiger partial charge in [-0.25, -0.2) is 8.42 Å². The Morgan fingerprint density at radius 3 is 2.36 bits per heavy atom. The van der Waals surface area contributed by atoms with E-state index in [2.05, 4.69) is 6.58 Å². The molecule has 0 saturated carbocycles. The number of hydrogen-bond acceptors (Lipinski definition) is 4. The van der Waals surface area contributed by atoms with Crippen molar-refractivity contribution in [3.63, 3.8) is 0 Å². The lowest BCUT2D eigenvalue weighted by Crippen LogP contribution is -2.50. The van der Waals surface area contributed by atoms with Crippen LogP contribution in [-0.4, -0.2) is 56.3 Å². The zero-order valence-corrected chi connectivity index (χ0v) is 16.7. The summed E-state index contributed by atoms with van der Waals surface area (Å²) in [5.41, 5.74) is 1.42. The average molecular weight is 401 g/mol. The van der Waals surface area contributed by atoms with Gasteiger partial charge in [0.25, 0.3) is 5.91 Å². The molecule has 7 heteroatoms. The van der Waals surface area contributed by atoms with E-state index in [1.807, 2.05) is 6.92 Å². The van der Waals surface area contributed by atoms with E-state index in [9.17, 15) is 13.2 Å². The van der Waals surface area contributed by atoms with E-state index in [4.69, 9.17) is 4.74 Å². The van der Waals surface area contributed by atoms with Gasteiger partial charge in [-0.15, -0.1) is 0 Å². The van der Waals surface area contributed by atoms with Gasteiger partial charge in [-0.2, -0.15) is 4.31 Å². The topological polar surface area (TPSA) is 66.9 Å². The van der Waals surface area contributed by atoms with Crippen molar-refractivity contribution >= 4 is 15.9 Å². The van der Waals surface area contributed by atoms with E-state index in [0.29, 0.717) is 31.0 Å². The Balaban J connectivity index is 1.64. The molecule has 1 saturated heterocycles. The molecule has 0 atom stereocenters. The predicted molar refractivity (Wildman–Crippen MR) is 108 cm³/mol. The second kappa shape index (κ2) is 8.58. The zero-order valence-electron chi connectivity index (χ0n) is 15.9. The first-order valence-electron chi connectivity index (χ1n) is 9.09. The average Bonchev–Trinajstić information content (AvgIpc) is 2.72. The van der Waals surface area contributed by atoms with Crippen LogP contribution in [-0.2, 0) is 10.0 Å². The number of amides is 1. The third-order valence-corrected chi connectivity index (χ3v) is 6.39. The molecular formula is C21H24N2O4S. The summed E-state index contributed by atoms with van der Waals surface area (Å²) in [5, 5.41) is 0. The van der Waals surface area contributed by atoms with Crippen LogP contribution in [0.2, 0.25) is 0 Å². The van der Waals surface area contributed by atoms with Crippen molar-refractivity contribution in [2.75, 3.05) is 32.8 Å². The minimum absolute atomic E-state index is 0.127. The van der Waals surface area contributed by atoms with Crippen molar-refractivity contribution in [1.29, 1.82) is 0 Å². The summed E-state index contributed by atoms with van der Waals surface area (Å²) in [4.78, 5) is 14.8. The summed E-state index contributed by atoms with van der Waals surface area (Å²) in [7, 11) is -3.53. The number of ether oxygens (including phenoxy) is 1. The molecule has 0 aliphatic carbocycles. The number of piperazine rings is 1. The Morgan fingerprint density at radius 2 is 1.71 bits per heavy atom. The van der Waals surface area contributed by atoms with Crippen LogP contribution in [0.25, 0.3) is 0 Å². The SMILES string of the molecule is C=C(C)COc1cccc(C(=O)N2CCN(S(=O)(=O)c3ccccc3)CC2)c1. The lowest BCUT2D eigenvalue weighted by atomic mass is 10.1. The molecule has 0 unspecified atom stereocenters. The maximum atomic E-state index is 12.8. The Morgan fingerprint density at radius 1 is 1.04 bits per heavy atom. The minimum atomic E-state index is -3.53. The molecule has 2 aromatic carbocycles. The molecule has 0 radical (unpaired) electrons. The number of carbonyl (C=O) groups is 1. The number of benzene rings is 2. The standard InChI is InChI=1S/C21H24N2O4S/c1-17(2)16-27-19-8-6-7-18(15-19)21(24)22-11-13-23(14-12-22)28(25,26)20-9-4-3-5-10-20/h3-10,15H,1,11-14,16H2,2H3. The summed E-state index contributed by atoms with van der Waals surface area (Å²) in [5.74, 6) is 0.483. The number of carbonyl (C=O) groups excluding carboxylic acids is 1. The molecular weight excluding hydrogens is 376 g/mol. The highest BCUT2D eigenvalue weighted by Gasteiger charge is 2.30. The second-order valence-electron chi connectivity index (χ2n) is 6.78. The van der Waals surface area contributed by atoms with Gasteiger partial charge in [0.1, 0.15) is 12.4 Å². The van der Waals surface area contributed by atoms with Crippen LogP contribution in [0, 0.1) is 0 Å². The summed E-state index contributed by atoms with van der Waals surface area (Å²) < 4.78 is 32.4. The highest BCUT2D eigenvalue weighted by atomic mass is 32.2. The largest absolute Gasteiger partial charge is 0.489 e. The Bertz CT molecular complexity index is 949. The van der Waals surface area contributed by atoms with Crippen molar-refractivity contribution < 1.29 is 17.9 Å². The van der Waals surface area contributed by atoms with Gasteiger partial charge in [-0.1, -0.05) is 30.8 Å². The quantitative estimate of drug-likeness (QED) is 0.700. The van der Waals surface area contributed by atoms with E-state index in [1.165, 1.54) is 4.31 Å². The van der Waals surface area contributed by atoms with Crippen molar-refractivity contribution in [3.8, 4) is 5.75 Å². The van der Waals surface area contributed by atoms with E-state index >= 15 is 0 Å². The van der Waals surface area contributed by atoms with Crippen LogP contribution in [0.3, 0.4) is 0 Å². The van der Waals surface area contributed by atoms with Crippen LogP contribution in [0.4, 0.5) is 0 Å². The lowest BCUT2D eigenvalue weighted by Gasteiger charge is -2.34. The van der Waals surface area contributed by atoms with Crippen LogP contribution in [0.5, 0.6) is 5.75 Å². The highest BCUT2D eigenvalue weighted by molar-refractivity contribution is 7.89. The predicted octanol–water partition coefficient (Wildman–Crippen LogP) is 2.79. The van der Waals surface area contributed by atoms with E-state index in [1.54, 1.807) is 59.5 Å². The van der Waals surface area contributed by atoms with Gasteiger partial charge in [0.15, 0.2) is 0 Å². The van der Waals surface area contributed by atoms with Crippen LogP contribution < -0.4 is 4.74 Å². The highest BCUT2D eigenvalue weighted by Crippen LogP contribution is 2.20. The van der Waals surface area contributed by atoms with Gasteiger partial charge >= 0.3 is 0 Å². The monoisotopic (exact) mass is 400 g/mol. The maximum absolute atomic E-state index is 12.8. The first kappa shape index (κ1) is 20.1. The number of hydrogen-bond donors (Lipinski definition) is 0. The summed E-state index contributed by atoms with van der Waals surface area (Å²) in [6.07, 6.45) is 0. The van der Waals surface area contributed by atoms with Crippen LogP contribution >= 0.6 is 0 Å². The van der Waals surface area contributed by atoms with E-state index < -0.39 is 10.0 Å². The molecule has 1 fully saturated rings. The Hall–Kier alpha value is -2.64. The Kier molecular flexibility index (Phi) is 6.16. The van der Waals surface area contributed by atoms with Crippen molar-refractivity contribution in [2.24, 2.45) is 0 Å². The molecule has 0 N–H and O–H groups in total. The molecule has 0 aromatic heterocycles. The molecule has 1 heterocycles. The van der Waals surface area contributed by atoms with Crippen molar-refractivity contribution in [1.82, 2.24) is 9.21 Å². The molecule has 1 aliphatic heterocycles. The zero-order chi connectivity index (χ0) is 20.1. The summed E-state index contributed by atoms with van der Waals surface area (Å²) >= 11 is 0. The first-order chi connectivity index (χ1) is 13.4. The molecule has 0 spiro atoms. The smallest absolute Gasteiger partial charge is 0.254 e.